The van der Waals surface area contributed by atoms with Crippen LogP contribution in [0.15, 0.2) is 46.9 Å². The van der Waals surface area contributed by atoms with Gasteiger partial charge in [-0.3, -0.25) is 4.90 Å². The summed E-state index contributed by atoms with van der Waals surface area (Å²) < 4.78 is 12.0. The fourth-order valence-corrected chi connectivity index (χ4v) is 3.73. The molecule has 0 aliphatic carbocycles. The van der Waals surface area contributed by atoms with E-state index in [2.05, 4.69) is 56.5 Å². The predicted octanol–water partition coefficient (Wildman–Crippen LogP) is 4.25. The van der Waals surface area contributed by atoms with Gasteiger partial charge in [-0.1, -0.05) is 18.2 Å². The molecule has 2 aromatic carbocycles. The van der Waals surface area contributed by atoms with Gasteiger partial charge in [0.15, 0.2) is 11.5 Å². The lowest BCUT2D eigenvalue weighted by atomic mass is 10.0. The van der Waals surface area contributed by atoms with Crippen molar-refractivity contribution in [3.05, 3.63) is 52.5 Å². The van der Waals surface area contributed by atoms with Crippen molar-refractivity contribution in [1.29, 1.82) is 0 Å². The lowest BCUT2D eigenvalue weighted by molar-refractivity contribution is 0.173. The van der Waals surface area contributed by atoms with Crippen molar-refractivity contribution in [3.63, 3.8) is 0 Å². The minimum atomic E-state index is 0.338. The van der Waals surface area contributed by atoms with Crippen LogP contribution in [0.3, 0.4) is 0 Å². The van der Waals surface area contributed by atoms with Crippen LogP contribution in [-0.4, -0.2) is 30.8 Å². The number of para-hydroxylation sites is 1. The summed E-state index contributed by atoms with van der Waals surface area (Å²) >= 11 is 3.61. The third-order valence-corrected chi connectivity index (χ3v) is 5.36. The smallest absolute Gasteiger partial charge is 0.231 e. The molecule has 5 heteroatoms. The molecule has 0 atom stereocenters. The molecule has 4 nitrogen and oxygen atoms in total. The second kappa shape index (κ2) is 7.03. The maximum Gasteiger partial charge on any atom is 0.231 e. The van der Waals surface area contributed by atoms with Crippen molar-refractivity contribution in [1.82, 2.24) is 4.90 Å². The highest BCUT2D eigenvalue weighted by Crippen LogP contribution is 2.33. The number of rotatable bonds is 4. The summed E-state index contributed by atoms with van der Waals surface area (Å²) in [5, 5.41) is 3.66. The third-order valence-electron chi connectivity index (χ3n) is 4.66. The summed E-state index contributed by atoms with van der Waals surface area (Å²) in [6.45, 7) is 3.52. The number of hydrogen-bond acceptors (Lipinski definition) is 4. The Balaban J connectivity index is 1.31. The number of halogens is 1. The largest absolute Gasteiger partial charge is 0.454 e. The number of anilines is 1. The van der Waals surface area contributed by atoms with Gasteiger partial charge >= 0.3 is 0 Å². The molecule has 1 N–H and O–H groups in total. The highest BCUT2D eigenvalue weighted by Gasteiger charge is 2.20. The van der Waals surface area contributed by atoms with Gasteiger partial charge in [-0.05, 0) is 58.6 Å². The summed E-state index contributed by atoms with van der Waals surface area (Å²) in [5.41, 5.74) is 2.48. The van der Waals surface area contributed by atoms with Gasteiger partial charge in [-0.15, -0.1) is 0 Å². The van der Waals surface area contributed by atoms with E-state index >= 15 is 0 Å². The monoisotopic (exact) mass is 388 g/mol. The Kier molecular flexibility index (Phi) is 4.63. The Morgan fingerprint density at radius 3 is 2.67 bits per heavy atom. The number of hydrogen-bond donors (Lipinski definition) is 1. The molecule has 0 amide bonds. The van der Waals surface area contributed by atoms with Gasteiger partial charge in [0.1, 0.15) is 0 Å². The average Bonchev–Trinajstić information content (AvgIpc) is 3.06. The molecule has 4 rings (SSSR count). The van der Waals surface area contributed by atoms with E-state index in [9.17, 15) is 0 Å². The zero-order chi connectivity index (χ0) is 16.4. The molecule has 0 aromatic heterocycles. The first-order valence-electron chi connectivity index (χ1n) is 8.40. The van der Waals surface area contributed by atoms with Gasteiger partial charge in [0.25, 0.3) is 0 Å². The van der Waals surface area contributed by atoms with Crippen LogP contribution in [0.5, 0.6) is 11.5 Å². The van der Waals surface area contributed by atoms with Crippen molar-refractivity contribution in [2.45, 2.75) is 25.4 Å². The van der Waals surface area contributed by atoms with Gasteiger partial charge in [0.2, 0.25) is 6.79 Å². The molecule has 126 valence electrons. The van der Waals surface area contributed by atoms with E-state index in [-0.39, 0.29) is 0 Å². The second-order valence-electron chi connectivity index (χ2n) is 6.36. The Hall–Kier alpha value is -1.72. The summed E-state index contributed by atoms with van der Waals surface area (Å²) in [6, 6.07) is 15.1. The van der Waals surface area contributed by atoms with Crippen molar-refractivity contribution < 1.29 is 9.47 Å². The van der Waals surface area contributed by atoms with Crippen LogP contribution < -0.4 is 14.8 Å². The topological polar surface area (TPSA) is 33.7 Å². The van der Waals surface area contributed by atoms with Crippen LogP contribution in [0.2, 0.25) is 0 Å². The number of piperidine rings is 1. The van der Waals surface area contributed by atoms with Gasteiger partial charge in [0.05, 0.1) is 0 Å². The highest BCUT2D eigenvalue weighted by molar-refractivity contribution is 9.10. The van der Waals surface area contributed by atoms with Gasteiger partial charge in [0, 0.05) is 35.8 Å². The molecule has 0 spiro atoms. The van der Waals surface area contributed by atoms with E-state index in [1.54, 1.807) is 0 Å². The zero-order valence-electron chi connectivity index (χ0n) is 13.5. The first kappa shape index (κ1) is 15.8. The fourth-order valence-electron chi connectivity index (χ4n) is 3.33. The molecule has 2 heterocycles. The molecule has 1 saturated heterocycles. The number of fused-ring (bicyclic) bond motifs is 1. The lowest BCUT2D eigenvalue weighted by Crippen LogP contribution is -2.38. The number of ether oxygens (including phenoxy) is 2. The first-order valence-corrected chi connectivity index (χ1v) is 9.19. The summed E-state index contributed by atoms with van der Waals surface area (Å²) in [7, 11) is 0. The predicted molar refractivity (Wildman–Crippen MR) is 98.6 cm³/mol. The van der Waals surface area contributed by atoms with Crippen molar-refractivity contribution in [2.24, 2.45) is 0 Å². The second-order valence-corrected chi connectivity index (χ2v) is 7.22. The van der Waals surface area contributed by atoms with Crippen LogP contribution in [0.25, 0.3) is 0 Å². The maximum atomic E-state index is 5.47. The molecule has 0 bridgehead atoms. The van der Waals surface area contributed by atoms with Crippen molar-refractivity contribution in [3.8, 4) is 11.5 Å². The van der Waals surface area contributed by atoms with E-state index in [1.165, 1.54) is 11.3 Å². The molecule has 1 fully saturated rings. The van der Waals surface area contributed by atoms with Crippen molar-refractivity contribution >= 4 is 21.6 Å². The van der Waals surface area contributed by atoms with Crippen LogP contribution >= 0.6 is 15.9 Å². The van der Waals surface area contributed by atoms with E-state index in [4.69, 9.17) is 9.47 Å². The quantitative estimate of drug-likeness (QED) is 0.848. The molecular formula is C19H21BrN2O2. The highest BCUT2D eigenvalue weighted by atomic mass is 79.9. The first-order chi connectivity index (χ1) is 11.8. The molecule has 0 radical (unpaired) electrons. The third kappa shape index (κ3) is 3.52. The molecule has 24 heavy (non-hydrogen) atoms. The molecule has 0 saturated carbocycles. The summed E-state index contributed by atoms with van der Waals surface area (Å²) in [4.78, 5) is 2.51. The Bertz CT molecular complexity index is 714. The Morgan fingerprint density at radius 1 is 1.04 bits per heavy atom. The summed E-state index contributed by atoms with van der Waals surface area (Å²) in [6.07, 6.45) is 2.32. The Morgan fingerprint density at radius 2 is 1.83 bits per heavy atom. The van der Waals surface area contributed by atoms with E-state index in [0.29, 0.717) is 12.8 Å². The number of likely N-dealkylation sites (tertiary alicyclic amines) is 1. The molecule has 0 unspecified atom stereocenters. The average molecular weight is 389 g/mol. The van der Waals surface area contributed by atoms with Crippen LogP contribution in [0.1, 0.15) is 18.4 Å². The molecule has 2 aliphatic rings. The number of benzene rings is 2. The maximum absolute atomic E-state index is 5.47. The Labute approximate surface area is 150 Å². The summed E-state index contributed by atoms with van der Waals surface area (Å²) in [5.74, 6) is 1.73. The molecular weight excluding hydrogens is 368 g/mol. The van der Waals surface area contributed by atoms with Crippen molar-refractivity contribution in [2.75, 3.05) is 25.2 Å². The minimum absolute atomic E-state index is 0.338. The SMILES string of the molecule is Brc1ccccc1NC1CCN(Cc2ccc3c(c2)OCO3)CC1. The van der Waals surface area contributed by atoms with E-state index in [0.717, 1.165) is 48.4 Å². The van der Waals surface area contributed by atoms with Crippen LogP contribution in [0.4, 0.5) is 5.69 Å². The van der Waals surface area contributed by atoms with Gasteiger partial charge in [-0.25, -0.2) is 0 Å². The molecule has 2 aliphatic heterocycles. The zero-order valence-corrected chi connectivity index (χ0v) is 15.1. The standard InChI is InChI=1S/C19H21BrN2O2/c20-16-3-1-2-4-17(16)21-15-7-9-22(10-8-15)12-14-5-6-18-19(11-14)24-13-23-18/h1-6,11,15,21H,7-10,12-13H2. The number of nitrogens with zero attached hydrogens (tertiary/aromatic N) is 1. The normalized spacial score (nSPS) is 17.9. The van der Waals surface area contributed by atoms with E-state index < -0.39 is 0 Å². The van der Waals surface area contributed by atoms with Crippen LogP contribution in [-0.2, 0) is 6.54 Å². The number of nitrogens with one attached hydrogen (secondary N) is 1. The van der Waals surface area contributed by atoms with Crippen LogP contribution in [0, 0.1) is 0 Å². The van der Waals surface area contributed by atoms with E-state index in [1.807, 2.05) is 12.1 Å². The minimum Gasteiger partial charge on any atom is -0.454 e. The van der Waals surface area contributed by atoms with Gasteiger partial charge < -0.3 is 14.8 Å². The fraction of sp³-hybridized carbons (Fsp3) is 0.368. The van der Waals surface area contributed by atoms with Gasteiger partial charge in [-0.2, -0.15) is 0 Å². The molecule has 2 aromatic rings. The lowest BCUT2D eigenvalue weighted by Gasteiger charge is -2.33.